The molecule has 5 nitrogen and oxygen atoms in total. The molecule has 0 radical (unpaired) electrons. The normalized spacial score (nSPS) is 11.6. The van der Waals surface area contributed by atoms with Crippen LogP contribution in [0.1, 0.15) is 6.92 Å². The Bertz CT molecular complexity index is 635. The predicted molar refractivity (Wildman–Crippen MR) is 72.4 cm³/mol. The summed E-state index contributed by atoms with van der Waals surface area (Å²) in [6.45, 7) is 1.99. The summed E-state index contributed by atoms with van der Waals surface area (Å²) in [6, 6.07) is 7.71. The first-order valence-electron chi connectivity index (χ1n) is 5.77. The molecule has 1 aromatic heterocycles. The largest absolute Gasteiger partial charge is 0.367 e. The number of hydrogen-bond acceptors (Lipinski definition) is 5. The van der Waals surface area contributed by atoms with Gasteiger partial charge in [-0.05, 0) is 0 Å². The van der Waals surface area contributed by atoms with Gasteiger partial charge in [-0.25, -0.2) is 8.42 Å². The van der Waals surface area contributed by atoms with E-state index in [0.717, 1.165) is 10.8 Å². The number of rotatable bonds is 5. The zero-order valence-corrected chi connectivity index (χ0v) is 10.9. The number of hydrogen-bond donors (Lipinski definition) is 1. The van der Waals surface area contributed by atoms with Gasteiger partial charge in [0, 0.05) is 23.1 Å². The molecule has 0 amide bonds. The van der Waals surface area contributed by atoms with Crippen molar-refractivity contribution in [3.63, 3.8) is 0 Å². The van der Waals surface area contributed by atoms with Crippen molar-refractivity contribution in [1.82, 2.24) is 10.2 Å². The molecule has 0 atom stereocenters. The van der Waals surface area contributed by atoms with Crippen LogP contribution in [0.15, 0.2) is 30.5 Å². The fraction of sp³-hybridized carbons (Fsp3) is 0.333. The number of anilines is 1. The quantitative estimate of drug-likeness (QED) is 0.886. The third kappa shape index (κ3) is 2.95. The van der Waals surface area contributed by atoms with Gasteiger partial charge >= 0.3 is 0 Å². The molecule has 2 rings (SSSR count). The number of benzene rings is 1. The minimum absolute atomic E-state index is 0.106. The van der Waals surface area contributed by atoms with Crippen LogP contribution in [0.3, 0.4) is 0 Å². The lowest BCUT2D eigenvalue weighted by atomic mass is 10.2. The van der Waals surface area contributed by atoms with Crippen molar-refractivity contribution in [3.05, 3.63) is 30.5 Å². The van der Waals surface area contributed by atoms with E-state index in [1.165, 1.54) is 0 Å². The molecule has 0 fully saturated rings. The summed E-state index contributed by atoms with van der Waals surface area (Å²) in [5.41, 5.74) is 0. The Kier molecular flexibility index (Phi) is 3.76. The SMILES string of the molecule is CCS(=O)(=O)CCNc1nncc2ccccc12. The average Bonchev–Trinajstić information content (AvgIpc) is 2.39. The lowest BCUT2D eigenvalue weighted by molar-refractivity contribution is 0.597. The van der Waals surface area contributed by atoms with E-state index in [1.54, 1.807) is 13.1 Å². The van der Waals surface area contributed by atoms with Gasteiger partial charge in [-0.3, -0.25) is 0 Å². The molecule has 0 aliphatic carbocycles. The second kappa shape index (κ2) is 5.30. The molecule has 0 aliphatic rings. The fourth-order valence-corrected chi connectivity index (χ4v) is 2.33. The molecule has 96 valence electrons. The molecule has 1 N–H and O–H groups in total. The third-order valence-electron chi connectivity index (χ3n) is 2.72. The Morgan fingerprint density at radius 3 is 2.83 bits per heavy atom. The van der Waals surface area contributed by atoms with Crippen LogP contribution in [0.2, 0.25) is 0 Å². The van der Waals surface area contributed by atoms with Crippen molar-refractivity contribution in [3.8, 4) is 0 Å². The van der Waals surface area contributed by atoms with E-state index >= 15 is 0 Å². The van der Waals surface area contributed by atoms with Crippen LogP contribution in [0.5, 0.6) is 0 Å². The minimum atomic E-state index is -2.95. The topological polar surface area (TPSA) is 72.0 Å². The molecular formula is C12H15N3O2S. The van der Waals surface area contributed by atoms with Gasteiger partial charge in [-0.2, -0.15) is 5.10 Å². The number of aromatic nitrogens is 2. The van der Waals surface area contributed by atoms with Gasteiger partial charge in [0.05, 0.1) is 11.9 Å². The van der Waals surface area contributed by atoms with E-state index in [-0.39, 0.29) is 11.5 Å². The molecular weight excluding hydrogens is 250 g/mol. The highest BCUT2D eigenvalue weighted by atomic mass is 32.2. The van der Waals surface area contributed by atoms with E-state index in [4.69, 9.17) is 0 Å². The molecule has 1 aromatic carbocycles. The van der Waals surface area contributed by atoms with Crippen LogP contribution in [0, 0.1) is 0 Å². The van der Waals surface area contributed by atoms with Crippen LogP contribution in [0.25, 0.3) is 10.8 Å². The molecule has 2 aromatic rings. The zero-order chi connectivity index (χ0) is 13.0. The predicted octanol–water partition coefficient (Wildman–Crippen LogP) is 1.48. The van der Waals surface area contributed by atoms with Crippen molar-refractivity contribution in [2.24, 2.45) is 0 Å². The van der Waals surface area contributed by atoms with Crippen molar-refractivity contribution in [2.45, 2.75) is 6.92 Å². The summed E-state index contributed by atoms with van der Waals surface area (Å²) in [6.07, 6.45) is 1.68. The molecule has 0 saturated heterocycles. The Morgan fingerprint density at radius 2 is 2.06 bits per heavy atom. The van der Waals surface area contributed by atoms with Crippen LogP contribution >= 0.6 is 0 Å². The average molecular weight is 265 g/mol. The van der Waals surface area contributed by atoms with Gasteiger partial charge in [0.15, 0.2) is 15.7 Å². The highest BCUT2D eigenvalue weighted by molar-refractivity contribution is 7.91. The standard InChI is InChI=1S/C12H15N3O2S/c1-2-18(16,17)8-7-13-12-11-6-4-3-5-10(11)9-14-15-12/h3-6,9H,2,7-8H2,1H3,(H,13,15). The van der Waals surface area contributed by atoms with Crippen molar-refractivity contribution in [2.75, 3.05) is 23.4 Å². The van der Waals surface area contributed by atoms with Gasteiger partial charge in [0.1, 0.15) is 0 Å². The first-order valence-corrected chi connectivity index (χ1v) is 7.59. The first-order chi connectivity index (χ1) is 8.62. The third-order valence-corrected chi connectivity index (χ3v) is 4.42. The van der Waals surface area contributed by atoms with Crippen molar-refractivity contribution < 1.29 is 8.42 Å². The highest BCUT2D eigenvalue weighted by Gasteiger charge is 2.08. The zero-order valence-electron chi connectivity index (χ0n) is 10.1. The molecule has 0 bridgehead atoms. The summed E-state index contributed by atoms with van der Waals surface area (Å²) in [4.78, 5) is 0. The van der Waals surface area contributed by atoms with Crippen molar-refractivity contribution in [1.29, 1.82) is 0 Å². The number of nitrogens with one attached hydrogen (secondary N) is 1. The van der Waals surface area contributed by atoms with E-state index in [2.05, 4.69) is 15.5 Å². The summed E-state index contributed by atoms with van der Waals surface area (Å²) in [5.74, 6) is 0.893. The minimum Gasteiger partial charge on any atom is -0.367 e. The maximum absolute atomic E-state index is 11.4. The van der Waals surface area contributed by atoms with Gasteiger partial charge < -0.3 is 5.32 Å². The summed E-state index contributed by atoms with van der Waals surface area (Å²) >= 11 is 0. The maximum Gasteiger partial charge on any atom is 0.156 e. The summed E-state index contributed by atoms with van der Waals surface area (Å²) < 4.78 is 22.8. The maximum atomic E-state index is 11.4. The number of fused-ring (bicyclic) bond motifs is 1. The van der Waals surface area contributed by atoms with Crippen LogP contribution in [-0.4, -0.2) is 36.7 Å². The Labute approximate surface area is 106 Å². The van der Waals surface area contributed by atoms with Gasteiger partial charge in [0.2, 0.25) is 0 Å². The lowest BCUT2D eigenvalue weighted by Crippen LogP contribution is -2.17. The fourth-order valence-electron chi connectivity index (χ4n) is 1.63. The number of nitrogens with zero attached hydrogens (tertiary/aromatic N) is 2. The molecule has 0 saturated carbocycles. The van der Waals surface area contributed by atoms with Gasteiger partial charge in [-0.1, -0.05) is 31.2 Å². The van der Waals surface area contributed by atoms with E-state index in [1.807, 2.05) is 24.3 Å². The molecule has 0 spiro atoms. The van der Waals surface area contributed by atoms with E-state index in [0.29, 0.717) is 12.4 Å². The van der Waals surface area contributed by atoms with Gasteiger partial charge in [0.25, 0.3) is 0 Å². The monoisotopic (exact) mass is 265 g/mol. The smallest absolute Gasteiger partial charge is 0.156 e. The second-order valence-corrected chi connectivity index (χ2v) is 6.42. The van der Waals surface area contributed by atoms with Crippen LogP contribution in [-0.2, 0) is 9.84 Å². The van der Waals surface area contributed by atoms with Crippen molar-refractivity contribution >= 4 is 26.4 Å². The van der Waals surface area contributed by atoms with E-state index in [9.17, 15) is 8.42 Å². The van der Waals surface area contributed by atoms with E-state index < -0.39 is 9.84 Å². The highest BCUT2D eigenvalue weighted by Crippen LogP contribution is 2.18. The van der Waals surface area contributed by atoms with Gasteiger partial charge in [-0.15, -0.1) is 5.10 Å². The summed E-state index contributed by atoms with van der Waals surface area (Å²) in [5, 5.41) is 12.8. The first kappa shape index (κ1) is 12.8. The lowest BCUT2D eigenvalue weighted by Gasteiger charge is -2.07. The summed E-state index contributed by atoms with van der Waals surface area (Å²) in [7, 11) is -2.95. The number of sulfone groups is 1. The Morgan fingerprint density at radius 1 is 1.28 bits per heavy atom. The Hall–Kier alpha value is -1.69. The second-order valence-electron chi connectivity index (χ2n) is 3.94. The molecule has 18 heavy (non-hydrogen) atoms. The van der Waals surface area contributed by atoms with Crippen LogP contribution < -0.4 is 5.32 Å². The molecule has 0 aliphatic heterocycles. The Balaban J connectivity index is 2.13. The molecule has 1 heterocycles. The van der Waals surface area contributed by atoms with Crippen LogP contribution in [0.4, 0.5) is 5.82 Å². The molecule has 6 heteroatoms. The molecule has 0 unspecified atom stereocenters.